The number of nitrogens with two attached hydrogens (primary N) is 1. The summed E-state index contributed by atoms with van der Waals surface area (Å²) in [6.07, 6.45) is 1.90. The minimum Gasteiger partial charge on any atom is -0.477 e. The highest BCUT2D eigenvalue weighted by Gasteiger charge is 2.22. The van der Waals surface area contributed by atoms with Gasteiger partial charge in [-0.15, -0.1) is 0 Å². The molecule has 3 aromatic rings. The van der Waals surface area contributed by atoms with Crippen LogP contribution in [-0.2, 0) is 11.8 Å². The summed E-state index contributed by atoms with van der Waals surface area (Å²) in [6.45, 7) is 3.98. The highest BCUT2D eigenvalue weighted by atomic mass is 35.5. The minimum absolute atomic E-state index is 0.0320. The van der Waals surface area contributed by atoms with Crippen LogP contribution >= 0.6 is 11.6 Å². The van der Waals surface area contributed by atoms with Crippen LogP contribution in [0.2, 0.25) is 5.02 Å². The van der Waals surface area contributed by atoms with Gasteiger partial charge >= 0.3 is 5.97 Å². The Morgan fingerprint density at radius 3 is 2.38 bits per heavy atom. The summed E-state index contributed by atoms with van der Waals surface area (Å²) in [5, 5.41) is 30.2. The number of aromatic carboxylic acids is 1. The third kappa shape index (κ3) is 6.91. The fourth-order valence-corrected chi connectivity index (χ4v) is 3.19. The first kappa shape index (κ1) is 25.1. The number of nitrogens with zero attached hydrogens (tertiary/aromatic N) is 2. The molecule has 8 nitrogen and oxygen atoms in total. The number of carbonyl (C=O) groups is 1. The lowest BCUT2D eigenvalue weighted by Gasteiger charge is -2.24. The number of nitrogen functional groups attached to an aromatic ring is 1. The zero-order valence-corrected chi connectivity index (χ0v) is 18.7. The van der Waals surface area contributed by atoms with Crippen molar-refractivity contribution in [1.82, 2.24) is 9.97 Å². The summed E-state index contributed by atoms with van der Waals surface area (Å²) in [4.78, 5) is 18.7. The number of carboxylic acid groups (broad SMARTS) is 1. The Bertz CT molecular complexity index is 1050. The predicted molar refractivity (Wildman–Crippen MR) is 125 cm³/mol. The molecule has 2 aromatic carbocycles. The average molecular weight is 459 g/mol. The molecule has 0 fully saturated rings. The molecule has 0 radical (unpaired) electrons. The second kappa shape index (κ2) is 11.4. The predicted octanol–water partition coefficient (Wildman–Crippen LogP) is 3.65. The number of carboxylic acids is 1. The van der Waals surface area contributed by atoms with Gasteiger partial charge in [0.05, 0.1) is 6.61 Å². The Balaban J connectivity index is 0.000000336. The number of aliphatic hydroxyl groups excluding tert-OH is 2. The van der Waals surface area contributed by atoms with Crippen molar-refractivity contribution in [1.29, 1.82) is 0 Å². The van der Waals surface area contributed by atoms with Gasteiger partial charge in [-0.3, -0.25) is 0 Å². The standard InChI is InChI=1S/C15H17ClN4O3.C8H10O/c1-15(2,7-21)10-4-3-8(5-11(10)16)19-14-18-6-9(13(22)23)12(17)20-14;9-7-6-8-4-2-1-3-5-8/h3-6,21H,7H2,1-2H3,(H,22,23)(H3,17,18,19,20);1-5,9H,6-7H2. The molecule has 1 aromatic heterocycles. The van der Waals surface area contributed by atoms with Gasteiger partial charge in [-0.1, -0.05) is 61.8 Å². The van der Waals surface area contributed by atoms with Gasteiger partial charge in [-0.2, -0.15) is 4.98 Å². The van der Waals surface area contributed by atoms with Gasteiger partial charge < -0.3 is 26.4 Å². The summed E-state index contributed by atoms with van der Waals surface area (Å²) >= 11 is 6.26. The largest absolute Gasteiger partial charge is 0.477 e. The first-order valence-electron chi connectivity index (χ1n) is 9.86. The van der Waals surface area contributed by atoms with E-state index >= 15 is 0 Å². The van der Waals surface area contributed by atoms with E-state index in [1.807, 2.05) is 44.2 Å². The molecule has 1 heterocycles. The number of nitrogens with one attached hydrogen (secondary N) is 1. The molecule has 0 aliphatic rings. The molecule has 0 unspecified atom stereocenters. The Kier molecular flexibility index (Phi) is 8.95. The molecular weight excluding hydrogens is 432 g/mol. The number of rotatable bonds is 7. The molecule has 0 aliphatic heterocycles. The summed E-state index contributed by atoms with van der Waals surface area (Å²) in [5.74, 6) is -1.15. The monoisotopic (exact) mass is 458 g/mol. The molecule has 0 amide bonds. The van der Waals surface area contributed by atoms with E-state index in [1.54, 1.807) is 18.2 Å². The fourth-order valence-electron chi connectivity index (χ4n) is 2.75. The molecule has 0 aliphatic carbocycles. The highest BCUT2D eigenvalue weighted by molar-refractivity contribution is 6.31. The van der Waals surface area contributed by atoms with Gasteiger partial charge in [0.2, 0.25) is 5.95 Å². The summed E-state index contributed by atoms with van der Waals surface area (Å²) in [6, 6.07) is 15.2. The van der Waals surface area contributed by atoms with Crippen molar-refractivity contribution >= 4 is 35.0 Å². The molecule has 9 heteroatoms. The highest BCUT2D eigenvalue weighted by Crippen LogP contribution is 2.32. The van der Waals surface area contributed by atoms with E-state index in [0.717, 1.165) is 18.2 Å². The number of hydrogen-bond acceptors (Lipinski definition) is 7. The van der Waals surface area contributed by atoms with Crippen molar-refractivity contribution < 1.29 is 20.1 Å². The van der Waals surface area contributed by atoms with Gasteiger partial charge in [0.1, 0.15) is 11.4 Å². The Labute approximate surface area is 191 Å². The van der Waals surface area contributed by atoms with Gasteiger partial charge in [-0.25, -0.2) is 9.78 Å². The molecule has 0 saturated carbocycles. The zero-order valence-electron chi connectivity index (χ0n) is 17.9. The maximum absolute atomic E-state index is 10.9. The lowest BCUT2D eigenvalue weighted by molar-refractivity contribution is 0.0697. The first-order chi connectivity index (χ1) is 15.2. The number of benzene rings is 2. The van der Waals surface area contributed by atoms with E-state index in [0.29, 0.717) is 10.7 Å². The van der Waals surface area contributed by atoms with Crippen molar-refractivity contribution in [3.8, 4) is 0 Å². The molecule has 0 saturated heterocycles. The number of aliphatic hydroxyl groups is 2. The van der Waals surface area contributed by atoms with Crippen LogP contribution in [-0.4, -0.2) is 44.5 Å². The van der Waals surface area contributed by atoms with E-state index in [9.17, 15) is 9.90 Å². The number of anilines is 3. The fraction of sp³-hybridized carbons (Fsp3) is 0.261. The van der Waals surface area contributed by atoms with Crippen LogP contribution in [0.15, 0.2) is 54.7 Å². The Morgan fingerprint density at radius 2 is 1.84 bits per heavy atom. The van der Waals surface area contributed by atoms with Gasteiger partial charge in [0.25, 0.3) is 0 Å². The van der Waals surface area contributed by atoms with Gasteiger partial charge in [0, 0.05) is 28.9 Å². The number of hydrogen-bond donors (Lipinski definition) is 5. The number of halogens is 1. The topological polar surface area (TPSA) is 142 Å². The summed E-state index contributed by atoms with van der Waals surface area (Å²) in [7, 11) is 0. The maximum atomic E-state index is 10.9. The van der Waals surface area contributed by atoms with Crippen molar-refractivity contribution in [2.24, 2.45) is 0 Å². The van der Waals surface area contributed by atoms with Gasteiger partial charge in [0.15, 0.2) is 0 Å². The molecule has 0 bridgehead atoms. The van der Waals surface area contributed by atoms with E-state index in [1.165, 1.54) is 5.56 Å². The normalized spacial score (nSPS) is 10.8. The smallest absolute Gasteiger partial charge is 0.341 e. The van der Waals surface area contributed by atoms with E-state index < -0.39 is 11.4 Å². The van der Waals surface area contributed by atoms with Crippen LogP contribution in [0.4, 0.5) is 17.5 Å². The van der Waals surface area contributed by atoms with Crippen molar-refractivity contribution in [2.45, 2.75) is 25.7 Å². The molecule has 0 atom stereocenters. The Hall–Kier alpha value is -3.20. The first-order valence-corrected chi connectivity index (χ1v) is 10.2. The van der Waals surface area contributed by atoms with E-state index in [-0.39, 0.29) is 30.5 Å². The van der Waals surface area contributed by atoms with E-state index in [2.05, 4.69) is 15.3 Å². The number of aromatic nitrogens is 2. The van der Waals surface area contributed by atoms with Crippen LogP contribution in [0.1, 0.15) is 35.3 Å². The van der Waals surface area contributed by atoms with Gasteiger partial charge in [-0.05, 0) is 29.7 Å². The third-order valence-corrected chi connectivity index (χ3v) is 4.95. The lowest BCUT2D eigenvalue weighted by Crippen LogP contribution is -2.22. The van der Waals surface area contributed by atoms with Crippen LogP contribution in [0.3, 0.4) is 0 Å². The average Bonchev–Trinajstić information content (AvgIpc) is 2.75. The Morgan fingerprint density at radius 1 is 1.16 bits per heavy atom. The van der Waals surface area contributed by atoms with Crippen LogP contribution in [0, 0.1) is 0 Å². The minimum atomic E-state index is -1.19. The summed E-state index contributed by atoms with van der Waals surface area (Å²) < 4.78 is 0. The molecule has 32 heavy (non-hydrogen) atoms. The lowest BCUT2D eigenvalue weighted by atomic mass is 9.85. The maximum Gasteiger partial charge on any atom is 0.341 e. The second-order valence-corrected chi connectivity index (χ2v) is 8.03. The zero-order chi connectivity index (χ0) is 23.7. The molecule has 3 rings (SSSR count). The molecule has 0 spiro atoms. The van der Waals surface area contributed by atoms with Crippen LogP contribution in [0.5, 0.6) is 0 Å². The third-order valence-electron chi connectivity index (χ3n) is 4.64. The van der Waals surface area contributed by atoms with Crippen molar-refractivity contribution in [3.63, 3.8) is 0 Å². The van der Waals surface area contributed by atoms with Crippen molar-refractivity contribution in [2.75, 3.05) is 24.3 Å². The molecular formula is C23H27ClN4O4. The molecule has 6 N–H and O–H groups in total. The quantitative estimate of drug-likeness (QED) is 0.361. The van der Waals surface area contributed by atoms with Crippen LogP contribution < -0.4 is 11.1 Å². The second-order valence-electron chi connectivity index (χ2n) is 7.62. The van der Waals surface area contributed by atoms with E-state index in [4.69, 9.17) is 27.5 Å². The SMILES string of the molecule is CC(C)(CO)c1ccc(Nc2ncc(C(=O)O)c(N)n2)cc1Cl.OCCc1ccccc1. The van der Waals surface area contributed by atoms with Crippen LogP contribution in [0.25, 0.3) is 0 Å². The molecule has 170 valence electrons. The van der Waals surface area contributed by atoms with Crippen molar-refractivity contribution in [3.05, 3.63) is 76.4 Å². The summed E-state index contributed by atoms with van der Waals surface area (Å²) in [5.41, 5.74) is 7.59.